The summed E-state index contributed by atoms with van der Waals surface area (Å²) in [7, 11) is 1.72. The molecule has 4 heterocycles. The average molecular weight is 536 g/mol. The normalized spacial score (nSPS) is 14.9. The fraction of sp³-hybridized carbons (Fsp3) is 0.300. The quantitative estimate of drug-likeness (QED) is 0.230. The van der Waals surface area contributed by atoms with Crippen molar-refractivity contribution < 1.29 is 4.74 Å². The molecule has 3 aromatic heterocycles. The summed E-state index contributed by atoms with van der Waals surface area (Å²) in [6.07, 6.45) is 10.7. The summed E-state index contributed by atoms with van der Waals surface area (Å²) in [5.74, 6) is 2.03. The maximum Gasteiger partial charge on any atom is 0.140 e. The Morgan fingerprint density at radius 2 is 2.00 bits per heavy atom. The number of piperidine rings is 1. The first kappa shape index (κ1) is 26.8. The number of fused-ring (bicyclic) bond motifs is 1. The van der Waals surface area contributed by atoms with Crippen LogP contribution < -0.4 is 15.8 Å². The van der Waals surface area contributed by atoms with Crippen LogP contribution in [-0.2, 0) is 6.54 Å². The largest absolute Gasteiger partial charge is 0.493 e. The van der Waals surface area contributed by atoms with E-state index in [0.717, 1.165) is 71.2 Å². The Morgan fingerprint density at radius 3 is 2.75 bits per heavy atom. The topological polar surface area (TPSA) is 130 Å². The second-order valence-corrected chi connectivity index (χ2v) is 9.77. The second-order valence-electron chi connectivity index (χ2n) is 9.77. The Labute approximate surface area is 233 Å². The number of aromatic nitrogens is 4. The lowest BCUT2D eigenvalue weighted by Crippen LogP contribution is -2.35. The van der Waals surface area contributed by atoms with Crippen LogP contribution in [0.2, 0.25) is 0 Å². The van der Waals surface area contributed by atoms with Gasteiger partial charge in [0.15, 0.2) is 0 Å². The molecule has 204 valence electrons. The van der Waals surface area contributed by atoms with Crippen LogP contribution in [0, 0.1) is 17.2 Å². The van der Waals surface area contributed by atoms with Crippen molar-refractivity contribution in [3.8, 4) is 23.2 Å². The minimum atomic E-state index is 0.502. The van der Waals surface area contributed by atoms with Crippen LogP contribution in [0.3, 0.4) is 0 Å². The molecule has 4 aromatic rings. The van der Waals surface area contributed by atoms with E-state index >= 15 is 0 Å². The van der Waals surface area contributed by atoms with Gasteiger partial charge in [0, 0.05) is 49.9 Å². The summed E-state index contributed by atoms with van der Waals surface area (Å²) >= 11 is 0. The lowest BCUT2D eigenvalue weighted by Gasteiger charge is -2.30. The number of rotatable bonds is 10. The number of imidazole rings is 1. The van der Waals surface area contributed by atoms with Gasteiger partial charge in [-0.2, -0.15) is 5.26 Å². The number of pyridine rings is 1. The van der Waals surface area contributed by atoms with Gasteiger partial charge in [-0.1, -0.05) is 24.3 Å². The Hall–Kier alpha value is -4.75. The Bertz CT molecular complexity index is 1530. The van der Waals surface area contributed by atoms with Crippen molar-refractivity contribution in [2.24, 2.45) is 16.6 Å². The van der Waals surface area contributed by atoms with Crippen LogP contribution in [-0.4, -0.2) is 63.8 Å². The number of hydrogen-bond donors (Lipinski definition) is 2. The number of nitrogens with two attached hydrogens (primary N) is 1. The molecule has 0 bridgehead atoms. The summed E-state index contributed by atoms with van der Waals surface area (Å²) < 4.78 is 8.11. The molecule has 0 unspecified atom stereocenters. The first-order chi connectivity index (χ1) is 19.7. The molecule has 1 aliphatic rings. The molecule has 0 saturated carbocycles. The molecule has 1 aliphatic heterocycles. The van der Waals surface area contributed by atoms with Gasteiger partial charge in [0.1, 0.15) is 23.5 Å². The molecule has 10 heteroatoms. The van der Waals surface area contributed by atoms with Crippen molar-refractivity contribution in [3.63, 3.8) is 0 Å². The maximum atomic E-state index is 8.88. The molecule has 0 radical (unpaired) electrons. The van der Waals surface area contributed by atoms with Crippen molar-refractivity contribution in [2.45, 2.75) is 19.4 Å². The minimum Gasteiger partial charge on any atom is -0.493 e. The van der Waals surface area contributed by atoms with E-state index < -0.39 is 0 Å². The van der Waals surface area contributed by atoms with Gasteiger partial charge in [0.05, 0.1) is 36.8 Å². The summed E-state index contributed by atoms with van der Waals surface area (Å²) in [4.78, 5) is 19.7. The Morgan fingerprint density at radius 1 is 1.18 bits per heavy atom. The molecule has 10 nitrogen and oxygen atoms in total. The molecule has 5 rings (SSSR count). The van der Waals surface area contributed by atoms with Gasteiger partial charge in [-0.05, 0) is 49.0 Å². The highest BCUT2D eigenvalue weighted by Crippen LogP contribution is 2.25. The van der Waals surface area contributed by atoms with Crippen LogP contribution in [0.1, 0.15) is 24.0 Å². The Kier molecular flexibility index (Phi) is 8.63. The zero-order valence-electron chi connectivity index (χ0n) is 22.6. The number of nitriles is 1. The molecule has 1 aromatic carbocycles. The van der Waals surface area contributed by atoms with E-state index in [1.54, 1.807) is 25.8 Å². The van der Waals surface area contributed by atoms with Crippen LogP contribution in [0.15, 0.2) is 72.4 Å². The number of ether oxygens (including phenoxy) is 1. The Balaban J connectivity index is 1.20. The van der Waals surface area contributed by atoms with E-state index in [4.69, 9.17) is 15.7 Å². The highest BCUT2D eigenvalue weighted by molar-refractivity contribution is 6.09. The SMILES string of the molecule is CN=CC(=CN)c1ccc(CNc2cc(-c3cnc4cc(OCC5CCN(CC#N)CC5)ccn34)ncn2)cc1. The van der Waals surface area contributed by atoms with E-state index in [2.05, 4.69) is 48.4 Å². The molecule has 40 heavy (non-hydrogen) atoms. The van der Waals surface area contributed by atoms with Crippen molar-refractivity contribution in [2.75, 3.05) is 38.6 Å². The summed E-state index contributed by atoms with van der Waals surface area (Å²) in [5, 5.41) is 12.3. The highest BCUT2D eigenvalue weighted by atomic mass is 16.5. The van der Waals surface area contributed by atoms with Gasteiger partial charge < -0.3 is 15.8 Å². The number of hydrogen-bond acceptors (Lipinski definition) is 9. The van der Waals surface area contributed by atoms with E-state index in [-0.39, 0.29) is 0 Å². The summed E-state index contributed by atoms with van der Waals surface area (Å²) in [6, 6.07) is 16.2. The number of likely N-dealkylation sites (tertiary alicyclic amines) is 1. The molecule has 0 aliphatic carbocycles. The smallest absolute Gasteiger partial charge is 0.140 e. The highest BCUT2D eigenvalue weighted by Gasteiger charge is 2.19. The van der Waals surface area contributed by atoms with Crippen LogP contribution in [0.25, 0.3) is 22.6 Å². The van der Waals surface area contributed by atoms with E-state index in [9.17, 15) is 0 Å². The van der Waals surface area contributed by atoms with Crippen LogP contribution >= 0.6 is 0 Å². The lowest BCUT2D eigenvalue weighted by atomic mass is 9.98. The first-order valence-electron chi connectivity index (χ1n) is 13.4. The molecule has 0 atom stereocenters. The predicted molar refractivity (Wildman–Crippen MR) is 157 cm³/mol. The monoisotopic (exact) mass is 535 g/mol. The van der Waals surface area contributed by atoms with Gasteiger partial charge in [0.2, 0.25) is 0 Å². The number of benzene rings is 1. The summed E-state index contributed by atoms with van der Waals surface area (Å²) in [5.41, 5.74) is 11.2. The van der Waals surface area contributed by atoms with Crippen molar-refractivity contribution >= 4 is 23.3 Å². The van der Waals surface area contributed by atoms with Gasteiger partial charge in [-0.3, -0.25) is 14.3 Å². The van der Waals surface area contributed by atoms with E-state index in [1.807, 2.05) is 47.1 Å². The molecule has 1 saturated heterocycles. The molecular formula is C30H33N9O. The van der Waals surface area contributed by atoms with Gasteiger partial charge in [-0.25, -0.2) is 15.0 Å². The third-order valence-corrected chi connectivity index (χ3v) is 7.11. The van der Waals surface area contributed by atoms with E-state index in [1.165, 1.54) is 0 Å². The second kappa shape index (κ2) is 12.9. The summed E-state index contributed by atoms with van der Waals surface area (Å²) in [6.45, 7) is 3.70. The third kappa shape index (κ3) is 6.45. The zero-order chi connectivity index (χ0) is 27.7. The molecular weight excluding hydrogens is 502 g/mol. The number of nitrogens with one attached hydrogen (secondary N) is 1. The lowest BCUT2D eigenvalue weighted by molar-refractivity contribution is 0.151. The number of aliphatic imine (C=N–C) groups is 1. The molecule has 0 amide bonds. The first-order valence-corrected chi connectivity index (χ1v) is 13.4. The van der Waals surface area contributed by atoms with Crippen molar-refractivity contribution in [1.82, 2.24) is 24.3 Å². The average Bonchev–Trinajstić information content (AvgIpc) is 3.42. The van der Waals surface area contributed by atoms with Gasteiger partial charge in [-0.15, -0.1) is 0 Å². The van der Waals surface area contributed by atoms with Crippen LogP contribution in [0.5, 0.6) is 5.75 Å². The predicted octanol–water partition coefficient (Wildman–Crippen LogP) is 4.02. The molecule has 3 N–H and O–H groups in total. The van der Waals surface area contributed by atoms with E-state index in [0.29, 0.717) is 25.6 Å². The van der Waals surface area contributed by atoms with Crippen molar-refractivity contribution in [3.05, 3.63) is 78.5 Å². The maximum absolute atomic E-state index is 8.88. The van der Waals surface area contributed by atoms with Gasteiger partial charge in [0.25, 0.3) is 0 Å². The minimum absolute atomic E-state index is 0.502. The number of nitrogens with zero attached hydrogens (tertiary/aromatic N) is 7. The third-order valence-electron chi connectivity index (χ3n) is 7.11. The fourth-order valence-electron chi connectivity index (χ4n) is 4.82. The fourth-order valence-corrected chi connectivity index (χ4v) is 4.82. The molecule has 1 fully saturated rings. The number of anilines is 1. The van der Waals surface area contributed by atoms with Gasteiger partial charge >= 0.3 is 0 Å². The number of allylic oxidation sites excluding steroid dienone is 1. The van der Waals surface area contributed by atoms with Crippen molar-refractivity contribution in [1.29, 1.82) is 5.26 Å². The standard InChI is InChI=1S/C30H33N9O/c1-33-18-25(16-32)24-4-2-22(3-5-24)17-34-29-15-27(36-21-37-29)28-19-35-30-14-26(8-12-39(28)30)40-20-23-6-10-38(11-7-23)13-9-31/h2-5,8,12,14-16,18-19,21,23H,6-7,10-11,13,17,20,32H2,1H3,(H,34,36,37). The zero-order valence-corrected chi connectivity index (χ0v) is 22.6. The van der Waals surface area contributed by atoms with Crippen LogP contribution in [0.4, 0.5) is 5.82 Å². The molecule has 0 spiro atoms.